The molecule has 3 aromatic rings. The Bertz CT molecular complexity index is 946. The van der Waals surface area contributed by atoms with Gasteiger partial charge in [-0.1, -0.05) is 25.3 Å². The fraction of sp³-hybridized carbons (Fsp3) is 0.550. The van der Waals surface area contributed by atoms with Gasteiger partial charge in [0.05, 0.1) is 12.9 Å². The molecule has 0 atom stereocenters. The summed E-state index contributed by atoms with van der Waals surface area (Å²) in [6.45, 7) is 1.51. The highest BCUT2D eigenvalue weighted by atomic mass is 32.1. The number of rotatable bonds is 7. The van der Waals surface area contributed by atoms with Crippen LogP contribution in [0.1, 0.15) is 54.4 Å². The van der Waals surface area contributed by atoms with Crippen molar-refractivity contribution in [3.8, 4) is 0 Å². The Balaban J connectivity index is 1.57. The minimum atomic E-state index is 0.494. The predicted molar refractivity (Wildman–Crippen MR) is 115 cm³/mol. The Kier molecular flexibility index (Phi) is 6.08. The minimum Gasteiger partial charge on any atom is -0.301 e. The van der Waals surface area contributed by atoms with Crippen LogP contribution in [0.25, 0.3) is 0 Å². The monoisotopic (exact) mass is 416 g/mol. The number of aryl methyl sites for hydroxylation is 1. The molecule has 3 aromatic heterocycles. The van der Waals surface area contributed by atoms with Crippen LogP contribution in [-0.2, 0) is 26.7 Å². The lowest BCUT2D eigenvalue weighted by Crippen LogP contribution is -2.22. The van der Waals surface area contributed by atoms with Crippen molar-refractivity contribution in [2.75, 3.05) is 7.05 Å². The van der Waals surface area contributed by atoms with Crippen molar-refractivity contribution in [1.29, 1.82) is 0 Å². The lowest BCUT2D eigenvalue weighted by molar-refractivity contribution is 0.242. The van der Waals surface area contributed by atoms with Gasteiger partial charge in [-0.15, -0.1) is 11.3 Å². The smallest absolute Gasteiger partial charge is 0.199 e. The fourth-order valence-corrected chi connectivity index (χ4v) is 5.15. The summed E-state index contributed by atoms with van der Waals surface area (Å²) in [7, 11) is 4.05. The average molecular weight is 417 g/mol. The second-order valence-electron chi connectivity index (χ2n) is 7.79. The van der Waals surface area contributed by atoms with Crippen LogP contribution in [0.4, 0.5) is 0 Å². The largest absolute Gasteiger partial charge is 0.301 e. The molecule has 1 aliphatic carbocycles. The summed E-state index contributed by atoms with van der Waals surface area (Å²) < 4.78 is 7.05. The molecule has 0 bridgehead atoms. The van der Waals surface area contributed by atoms with Crippen LogP contribution in [-0.4, -0.2) is 36.1 Å². The van der Waals surface area contributed by atoms with Gasteiger partial charge in [0.2, 0.25) is 0 Å². The van der Waals surface area contributed by atoms with Crippen molar-refractivity contribution in [3.05, 3.63) is 50.9 Å². The van der Waals surface area contributed by atoms with Crippen molar-refractivity contribution in [2.45, 2.75) is 57.8 Å². The van der Waals surface area contributed by atoms with Crippen molar-refractivity contribution >= 4 is 23.6 Å². The van der Waals surface area contributed by atoms with E-state index in [-0.39, 0.29) is 0 Å². The van der Waals surface area contributed by atoms with E-state index in [1.807, 2.05) is 22.6 Å². The van der Waals surface area contributed by atoms with E-state index in [2.05, 4.69) is 45.3 Å². The molecule has 1 fully saturated rings. The van der Waals surface area contributed by atoms with Gasteiger partial charge in [-0.3, -0.25) is 9.58 Å². The van der Waals surface area contributed by atoms with Crippen LogP contribution in [0.2, 0.25) is 0 Å². The van der Waals surface area contributed by atoms with Crippen LogP contribution >= 0.6 is 23.6 Å². The molecule has 3 heterocycles. The summed E-state index contributed by atoms with van der Waals surface area (Å²) in [4.78, 5) is 3.58. The normalized spacial score (nSPS) is 15.5. The van der Waals surface area contributed by atoms with E-state index >= 15 is 0 Å². The van der Waals surface area contributed by atoms with Gasteiger partial charge in [0.15, 0.2) is 4.77 Å². The van der Waals surface area contributed by atoms with Gasteiger partial charge in [-0.05, 0) is 43.6 Å². The van der Waals surface area contributed by atoms with Gasteiger partial charge >= 0.3 is 0 Å². The van der Waals surface area contributed by atoms with E-state index in [1.165, 1.54) is 42.5 Å². The molecular formula is C20H28N6S2. The first-order chi connectivity index (χ1) is 13.6. The molecule has 28 heavy (non-hydrogen) atoms. The molecule has 0 amide bonds. The maximum Gasteiger partial charge on any atom is 0.199 e. The molecule has 150 valence electrons. The van der Waals surface area contributed by atoms with Crippen LogP contribution in [0.3, 0.4) is 0 Å². The first kappa shape index (κ1) is 19.5. The lowest BCUT2D eigenvalue weighted by Gasteiger charge is -2.24. The number of nitrogens with zero attached hydrogens (tertiary/aromatic N) is 6. The zero-order chi connectivity index (χ0) is 19.5. The highest BCUT2D eigenvalue weighted by molar-refractivity contribution is 7.71. The Morgan fingerprint density at radius 1 is 1.29 bits per heavy atom. The molecule has 0 aromatic carbocycles. The minimum absolute atomic E-state index is 0.494. The molecule has 0 unspecified atom stereocenters. The van der Waals surface area contributed by atoms with E-state index < -0.39 is 0 Å². The first-order valence-electron chi connectivity index (χ1n) is 9.97. The predicted octanol–water partition coefficient (Wildman–Crippen LogP) is 4.39. The number of hydrogen-bond acceptors (Lipinski definition) is 5. The summed E-state index contributed by atoms with van der Waals surface area (Å²) >= 11 is 7.69. The summed E-state index contributed by atoms with van der Waals surface area (Å²) in [5.41, 5.74) is 1.20. The Morgan fingerprint density at radius 2 is 2.11 bits per heavy atom. The summed E-state index contributed by atoms with van der Waals surface area (Å²) in [6.07, 6.45) is 11.2. The molecule has 0 N–H and O–H groups in total. The van der Waals surface area contributed by atoms with E-state index in [4.69, 9.17) is 17.3 Å². The summed E-state index contributed by atoms with van der Waals surface area (Å²) in [5.74, 6) is 1.11. The molecule has 0 saturated heterocycles. The number of thiophene rings is 1. The zero-order valence-corrected chi connectivity index (χ0v) is 18.3. The standard InChI is InChI=1S/C20H28N6S2/c1-23(13-16-12-21-24(2)14-16)15-25-20(27)26(17-7-4-3-5-8-17)19(22-25)11-18-9-6-10-28-18/h6,9-10,12,14,17H,3-5,7-8,11,13,15H2,1-2H3. The van der Waals surface area contributed by atoms with E-state index in [0.717, 1.165) is 23.6 Å². The van der Waals surface area contributed by atoms with E-state index in [0.29, 0.717) is 12.7 Å². The van der Waals surface area contributed by atoms with Gasteiger partial charge in [0, 0.05) is 42.7 Å². The molecule has 6 nitrogen and oxygen atoms in total. The van der Waals surface area contributed by atoms with Crippen LogP contribution < -0.4 is 0 Å². The second kappa shape index (κ2) is 8.71. The molecular weight excluding hydrogens is 388 g/mol. The third-order valence-corrected chi connectivity index (χ3v) is 6.66. The maximum absolute atomic E-state index is 5.90. The first-order valence-corrected chi connectivity index (χ1v) is 11.3. The van der Waals surface area contributed by atoms with Crippen LogP contribution in [0, 0.1) is 4.77 Å². The van der Waals surface area contributed by atoms with Gasteiger partial charge < -0.3 is 4.57 Å². The Hall–Kier alpha value is -1.77. The Labute approximate surface area is 175 Å². The highest BCUT2D eigenvalue weighted by Gasteiger charge is 2.22. The third-order valence-electron chi connectivity index (χ3n) is 5.38. The summed E-state index contributed by atoms with van der Waals surface area (Å²) in [6, 6.07) is 4.79. The lowest BCUT2D eigenvalue weighted by atomic mass is 9.95. The molecule has 1 aliphatic rings. The third kappa shape index (κ3) is 4.45. The van der Waals surface area contributed by atoms with Crippen molar-refractivity contribution < 1.29 is 0 Å². The van der Waals surface area contributed by atoms with Gasteiger partial charge in [-0.2, -0.15) is 10.2 Å². The topological polar surface area (TPSA) is 43.8 Å². The maximum atomic E-state index is 5.90. The van der Waals surface area contributed by atoms with Crippen LogP contribution in [0.5, 0.6) is 0 Å². The number of hydrogen-bond donors (Lipinski definition) is 0. The molecule has 4 rings (SSSR count). The second-order valence-corrected chi connectivity index (χ2v) is 9.19. The summed E-state index contributed by atoms with van der Waals surface area (Å²) in [5, 5.41) is 11.4. The van der Waals surface area contributed by atoms with Crippen molar-refractivity contribution in [3.63, 3.8) is 0 Å². The number of aromatic nitrogens is 5. The SMILES string of the molecule is CN(Cc1cnn(C)c1)Cn1nc(Cc2cccs2)n(C2CCCCC2)c1=S. The molecule has 1 saturated carbocycles. The van der Waals surface area contributed by atoms with E-state index in [1.54, 1.807) is 11.3 Å². The van der Waals surface area contributed by atoms with Crippen molar-refractivity contribution in [2.24, 2.45) is 7.05 Å². The molecule has 8 heteroatoms. The van der Waals surface area contributed by atoms with E-state index in [9.17, 15) is 0 Å². The van der Waals surface area contributed by atoms with Gasteiger partial charge in [0.1, 0.15) is 5.82 Å². The molecule has 0 radical (unpaired) electrons. The van der Waals surface area contributed by atoms with Gasteiger partial charge in [-0.25, -0.2) is 4.68 Å². The fourth-order valence-electron chi connectivity index (χ4n) is 4.10. The van der Waals surface area contributed by atoms with Crippen LogP contribution in [0.15, 0.2) is 29.9 Å². The Morgan fingerprint density at radius 3 is 2.79 bits per heavy atom. The molecule has 0 spiro atoms. The van der Waals surface area contributed by atoms with Crippen molar-refractivity contribution in [1.82, 2.24) is 29.0 Å². The average Bonchev–Trinajstić information content (AvgIpc) is 3.39. The van der Waals surface area contributed by atoms with Gasteiger partial charge in [0.25, 0.3) is 0 Å². The quantitative estimate of drug-likeness (QED) is 0.536. The molecule has 0 aliphatic heterocycles. The highest BCUT2D eigenvalue weighted by Crippen LogP contribution is 2.30. The zero-order valence-electron chi connectivity index (χ0n) is 16.6.